The quantitative estimate of drug-likeness (QED) is 0.397. The highest BCUT2D eigenvalue weighted by Crippen LogP contribution is 2.17. The number of aromatic nitrogens is 4. The van der Waals surface area contributed by atoms with Crippen molar-refractivity contribution in [1.29, 1.82) is 0 Å². The van der Waals surface area contributed by atoms with E-state index in [0.717, 1.165) is 30.7 Å². The van der Waals surface area contributed by atoms with E-state index in [1.54, 1.807) is 0 Å². The zero-order chi connectivity index (χ0) is 16.8. The first-order valence-corrected chi connectivity index (χ1v) is 8.73. The van der Waals surface area contributed by atoms with Gasteiger partial charge in [0.25, 0.3) is 0 Å². The molecule has 0 spiro atoms. The van der Waals surface area contributed by atoms with Gasteiger partial charge in [-0.25, -0.2) is 4.99 Å². The van der Waals surface area contributed by atoms with Crippen molar-refractivity contribution in [3.63, 3.8) is 0 Å². The van der Waals surface area contributed by atoms with Crippen molar-refractivity contribution in [2.75, 3.05) is 6.54 Å². The third-order valence-electron chi connectivity index (χ3n) is 4.59. The molecule has 1 aliphatic carbocycles. The maximum atomic E-state index is 4.71. The van der Waals surface area contributed by atoms with Crippen molar-refractivity contribution in [2.24, 2.45) is 12.0 Å². The lowest BCUT2D eigenvalue weighted by Gasteiger charge is -2.17. The summed E-state index contributed by atoms with van der Waals surface area (Å²) in [5.41, 5.74) is 0. The van der Waals surface area contributed by atoms with E-state index in [-0.39, 0.29) is 24.0 Å². The van der Waals surface area contributed by atoms with Gasteiger partial charge in [0.2, 0.25) is 0 Å². The Morgan fingerprint density at radius 3 is 2.60 bits per heavy atom. The number of halogens is 1. The maximum absolute atomic E-state index is 4.71. The predicted octanol–water partition coefficient (Wildman–Crippen LogP) is 2.22. The van der Waals surface area contributed by atoms with Crippen molar-refractivity contribution in [1.82, 2.24) is 30.0 Å². The second-order valence-corrected chi connectivity index (χ2v) is 6.36. The molecule has 0 bridgehead atoms. The minimum absolute atomic E-state index is 0. The Labute approximate surface area is 166 Å². The van der Waals surface area contributed by atoms with Crippen LogP contribution < -0.4 is 10.6 Å². The summed E-state index contributed by atoms with van der Waals surface area (Å²) in [7, 11) is 1.98. The molecule has 8 heteroatoms. The van der Waals surface area contributed by atoms with E-state index < -0.39 is 0 Å². The van der Waals surface area contributed by atoms with E-state index >= 15 is 0 Å². The fraction of sp³-hybridized carbons (Fsp3) is 0.588. The Morgan fingerprint density at radius 2 is 1.96 bits per heavy atom. The Hall–Kier alpha value is -1.58. The lowest BCUT2D eigenvalue weighted by Crippen LogP contribution is -2.43. The van der Waals surface area contributed by atoms with Crippen LogP contribution in [0.5, 0.6) is 0 Å². The third-order valence-corrected chi connectivity index (χ3v) is 4.59. The summed E-state index contributed by atoms with van der Waals surface area (Å²) >= 11 is 0. The van der Waals surface area contributed by atoms with Gasteiger partial charge in [-0.15, -0.1) is 34.2 Å². The number of guanidine groups is 1. The first-order chi connectivity index (χ1) is 11.7. The second-order valence-electron chi connectivity index (χ2n) is 6.36. The van der Waals surface area contributed by atoms with Gasteiger partial charge in [-0.3, -0.25) is 0 Å². The van der Waals surface area contributed by atoms with Gasteiger partial charge in [-0.1, -0.05) is 12.8 Å². The first kappa shape index (κ1) is 19.7. The monoisotopic (exact) mass is 457 g/mol. The van der Waals surface area contributed by atoms with Gasteiger partial charge in [0.15, 0.2) is 11.8 Å². The van der Waals surface area contributed by atoms with Crippen molar-refractivity contribution in [3.05, 3.63) is 36.2 Å². The summed E-state index contributed by atoms with van der Waals surface area (Å²) in [6.45, 7) is 4.24. The standard InChI is InChI=1S/C17H27N7.HI/c1-14-21-22-16(23(14)2)13-19-17(20-15-7-3-4-8-15)18-9-12-24-10-5-6-11-24;/h5-6,10-11,15H,3-4,7-9,12-13H2,1-2H3,(H2,18,19,20);1H. The molecule has 0 saturated heterocycles. The van der Waals surface area contributed by atoms with E-state index in [1.165, 1.54) is 25.7 Å². The molecular weight excluding hydrogens is 429 g/mol. The molecule has 25 heavy (non-hydrogen) atoms. The van der Waals surface area contributed by atoms with Crippen molar-refractivity contribution < 1.29 is 0 Å². The summed E-state index contributed by atoms with van der Waals surface area (Å²) < 4.78 is 4.14. The van der Waals surface area contributed by atoms with Crippen LogP contribution in [-0.2, 0) is 20.1 Å². The van der Waals surface area contributed by atoms with Crippen LogP contribution in [0.15, 0.2) is 29.5 Å². The number of aliphatic imine (C=N–C) groups is 1. The Bertz CT molecular complexity index is 657. The first-order valence-electron chi connectivity index (χ1n) is 8.73. The van der Waals surface area contributed by atoms with Gasteiger partial charge >= 0.3 is 0 Å². The van der Waals surface area contributed by atoms with Crippen LogP contribution in [0.25, 0.3) is 0 Å². The molecule has 2 aromatic rings. The van der Waals surface area contributed by atoms with Crippen molar-refractivity contribution >= 4 is 29.9 Å². The number of hydrogen-bond acceptors (Lipinski definition) is 3. The van der Waals surface area contributed by atoms with Gasteiger partial charge in [-0.05, 0) is 31.9 Å². The van der Waals surface area contributed by atoms with Crippen molar-refractivity contribution in [2.45, 2.75) is 51.7 Å². The van der Waals surface area contributed by atoms with Crippen LogP contribution in [0.1, 0.15) is 37.3 Å². The maximum Gasteiger partial charge on any atom is 0.191 e. The molecule has 2 aromatic heterocycles. The van der Waals surface area contributed by atoms with E-state index in [9.17, 15) is 0 Å². The summed E-state index contributed by atoms with van der Waals surface area (Å²) in [4.78, 5) is 4.71. The lowest BCUT2D eigenvalue weighted by atomic mass is 10.2. The van der Waals surface area contributed by atoms with Crippen LogP contribution in [0.2, 0.25) is 0 Å². The largest absolute Gasteiger partial charge is 0.355 e. The molecule has 1 saturated carbocycles. The van der Waals surface area contributed by atoms with Gasteiger partial charge < -0.3 is 19.8 Å². The molecule has 2 heterocycles. The molecule has 1 aliphatic rings. The second kappa shape index (κ2) is 9.79. The molecule has 0 amide bonds. The van der Waals surface area contributed by atoms with Crippen molar-refractivity contribution in [3.8, 4) is 0 Å². The Morgan fingerprint density at radius 1 is 1.24 bits per heavy atom. The number of nitrogens with one attached hydrogen (secondary N) is 2. The van der Waals surface area contributed by atoms with Gasteiger partial charge in [0.05, 0.1) is 0 Å². The average molecular weight is 457 g/mol. The molecule has 1 fully saturated rings. The van der Waals surface area contributed by atoms with Gasteiger partial charge in [0, 0.05) is 38.6 Å². The molecule has 0 radical (unpaired) electrons. The van der Waals surface area contributed by atoms with Gasteiger partial charge in [-0.2, -0.15) is 0 Å². The number of hydrogen-bond donors (Lipinski definition) is 2. The smallest absolute Gasteiger partial charge is 0.191 e. The number of aryl methyl sites for hydroxylation is 1. The molecule has 3 rings (SSSR count). The Balaban J connectivity index is 0.00000225. The fourth-order valence-electron chi connectivity index (χ4n) is 2.98. The number of nitrogens with zero attached hydrogens (tertiary/aromatic N) is 5. The zero-order valence-corrected chi connectivity index (χ0v) is 17.3. The lowest BCUT2D eigenvalue weighted by molar-refractivity contribution is 0.598. The van der Waals surface area contributed by atoms with Gasteiger partial charge in [0.1, 0.15) is 12.4 Å². The minimum Gasteiger partial charge on any atom is -0.355 e. The average Bonchev–Trinajstić information content (AvgIpc) is 3.31. The molecular formula is C17H28IN7. The fourth-order valence-corrected chi connectivity index (χ4v) is 2.98. The highest BCUT2D eigenvalue weighted by atomic mass is 127. The van der Waals surface area contributed by atoms with Crippen LogP contribution in [0.3, 0.4) is 0 Å². The minimum atomic E-state index is 0. The van der Waals surface area contributed by atoms with Crippen LogP contribution >= 0.6 is 24.0 Å². The molecule has 138 valence electrons. The van der Waals surface area contributed by atoms with E-state index in [1.807, 2.05) is 30.7 Å². The summed E-state index contributed by atoms with van der Waals surface area (Å²) in [5, 5.41) is 15.3. The highest BCUT2D eigenvalue weighted by molar-refractivity contribution is 14.0. The molecule has 7 nitrogen and oxygen atoms in total. The van der Waals surface area contributed by atoms with Crippen LogP contribution in [0.4, 0.5) is 0 Å². The van der Waals surface area contributed by atoms with Crippen LogP contribution in [0, 0.1) is 6.92 Å². The molecule has 0 atom stereocenters. The summed E-state index contributed by atoms with van der Waals surface area (Å²) in [5.74, 6) is 2.66. The zero-order valence-electron chi connectivity index (χ0n) is 15.0. The molecule has 0 unspecified atom stereocenters. The molecule has 2 N–H and O–H groups in total. The molecule has 0 aromatic carbocycles. The SMILES string of the molecule is Cc1nnc(CN=C(NCCn2cccc2)NC2CCCC2)n1C.I. The third kappa shape index (κ3) is 5.72. The molecule has 0 aliphatic heterocycles. The number of rotatable bonds is 6. The summed E-state index contributed by atoms with van der Waals surface area (Å²) in [6, 6.07) is 4.62. The van der Waals surface area contributed by atoms with E-state index in [4.69, 9.17) is 4.99 Å². The Kier molecular flexibility index (Phi) is 7.73. The van der Waals surface area contributed by atoms with E-state index in [0.29, 0.717) is 12.6 Å². The van der Waals surface area contributed by atoms with Crippen LogP contribution in [-0.4, -0.2) is 37.9 Å². The highest BCUT2D eigenvalue weighted by Gasteiger charge is 2.16. The predicted molar refractivity (Wildman–Crippen MR) is 110 cm³/mol. The summed E-state index contributed by atoms with van der Waals surface area (Å²) in [6.07, 6.45) is 9.20. The normalized spacial score (nSPS) is 15.2. The topological polar surface area (TPSA) is 72.1 Å². The van der Waals surface area contributed by atoms with E-state index in [2.05, 4.69) is 37.8 Å².